The molecular formula is C12H21N3O3. The second kappa shape index (κ2) is 6.15. The fourth-order valence-electron chi connectivity index (χ4n) is 2.78. The first-order valence-corrected chi connectivity index (χ1v) is 6.65. The number of urea groups is 1. The number of nitrogens with one attached hydrogen (secondary N) is 1. The van der Waals surface area contributed by atoms with E-state index >= 15 is 0 Å². The van der Waals surface area contributed by atoms with Crippen LogP contribution in [-0.4, -0.2) is 65.7 Å². The van der Waals surface area contributed by atoms with Gasteiger partial charge in [-0.3, -0.25) is 14.6 Å². The Balaban J connectivity index is 1.84. The number of rotatable bonds is 6. The van der Waals surface area contributed by atoms with Crippen LogP contribution in [-0.2, 0) is 4.79 Å². The molecule has 1 aliphatic carbocycles. The molecule has 18 heavy (non-hydrogen) atoms. The molecule has 2 fully saturated rings. The zero-order chi connectivity index (χ0) is 13.0. The van der Waals surface area contributed by atoms with E-state index in [0.717, 1.165) is 12.8 Å². The summed E-state index contributed by atoms with van der Waals surface area (Å²) in [6.45, 7) is 1.93. The Morgan fingerprint density at radius 1 is 1.28 bits per heavy atom. The van der Waals surface area contributed by atoms with Gasteiger partial charge in [-0.25, -0.2) is 4.79 Å². The van der Waals surface area contributed by atoms with Crippen LogP contribution >= 0.6 is 0 Å². The van der Waals surface area contributed by atoms with Crippen molar-refractivity contribution < 1.29 is 14.7 Å². The summed E-state index contributed by atoms with van der Waals surface area (Å²) < 4.78 is 0. The van der Waals surface area contributed by atoms with Crippen LogP contribution in [0, 0.1) is 0 Å². The SMILES string of the molecule is O=C1CNC(=O)N1CCN(CCO)C1CCCC1. The largest absolute Gasteiger partial charge is 0.395 e. The Hall–Kier alpha value is -1.14. The molecule has 1 saturated heterocycles. The molecule has 2 aliphatic rings. The summed E-state index contributed by atoms with van der Waals surface area (Å²) in [6, 6.07) is 0.202. The van der Waals surface area contributed by atoms with E-state index in [-0.39, 0.29) is 25.1 Å². The third-order valence-electron chi connectivity index (χ3n) is 3.78. The second-order valence-electron chi connectivity index (χ2n) is 4.90. The summed E-state index contributed by atoms with van der Waals surface area (Å²) in [4.78, 5) is 26.3. The molecule has 0 aromatic heterocycles. The minimum atomic E-state index is -0.296. The molecule has 0 atom stereocenters. The van der Waals surface area contributed by atoms with Gasteiger partial charge in [-0.05, 0) is 12.8 Å². The first-order chi connectivity index (χ1) is 8.72. The highest BCUT2D eigenvalue weighted by atomic mass is 16.3. The van der Waals surface area contributed by atoms with Crippen LogP contribution in [0.25, 0.3) is 0 Å². The van der Waals surface area contributed by atoms with Crippen LogP contribution in [0.2, 0.25) is 0 Å². The molecule has 6 nitrogen and oxygen atoms in total. The minimum absolute atomic E-state index is 0.113. The standard InChI is InChI=1S/C12H21N3O3/c16-8-7-14(10-3-1-2-4-10)5-6-15-11(17)9-13-12(15)18/h10,16H,1-9H2,(H,13,18). The van der Waals surface area contributed by atoms with Gasteiger partial charge in [-0.2, -0.15) is 0 Å². The fraction of sp³-hybridized carbons (Fsp3) is 0.833. The Bertz CT molecular complexity index is 300. The van der Waals surface area contributed by atoms with E-state index in [0.29, 0.717) is 25.7 Å². The van der Waals surface area contributed by atoms with E-state index in [1.165, 1.54) is 17.7 Å². The monoisotopic (exact) mass is 255 g/mol. The summed E-state index contributed by atoms with van der Waals surface area (Å²) in [7, 11) is 0. The molecule has 1 heterocycles. The van der Waals surface area contributed by atoms with Crippen LogP contribution < -0.4 is 5.32 Å². The zero-order valence-electron chi connectivity index (χ0n) is 10.6. The van der Waals surface area contributed by atoms with E-state index in [9.17, 15) is 9.59 Å². The number of aliphatic hydroxyl groups is 1. The molecule has 0 radical (unpaired) electrons. The minimum Gasteiger partial charge on any atom is -0.395 e. The van der Waals surface area contributed by atoms with Crippen LogP contribution in [0.4, 0.5) is 4.79 Å². The van der Waals surface area contributed by atoms with Crippen molar-refractivity contribution >= 4 is 11.9 Å². The smallest absolute Gasteiger partial charge is 0.324 e. The summed E-state index contributed by atoms with van der Waals surface area (Å²) >= 11 is 0. The molecule has 102 valence electrons. The summed E-state index contributed by atoms with van der Waals surface area (Å²) in [5.41, 5.74) is 0. The molecule has 6 heteroatoms. The quantitative estimate of drug-likeness (QED) is 0.643. The third kappa shape index (κ3) is 3.00. The molecule has 1 saturated carbocycles. The highest BCUT2D eigenvalue weighted by molar-refractivity contribution is 6.01. The van der Waals surface area contributed by atoms with Gasteiger partial charge < -0.3 is 10.4 Å². The van der Waals surface area contributed by atoms with Crippen LogP contribution in [0.15, 0.2) is 0 Å². The second-order valence-corrected chi connectivity index (χ2v) is 4.90. The maximum Gasteiger partial charge on any atom is 0.324 e. The van der Waals surface area contributed by atoms with Gasteiger partial charge in [-0.1, -0.05) is 12.8 Å². The molecule has 2 rings (SSSR count). The average molecular weight is 255 g/mol. The summed E-state index contributed by atoms with van der Waals surface area (Å²) in [6.07, 6.45) is 4.77. The Morgan fingerprint density at radius 3 is 2.56 bits per heavy atom. The van der Waals surface area contributed by atoms with E-state index < -0.39 is 0 Å². The first-order valence-electron chi connectivity index (χ1n) is 6.65. The fourth-order valence-corrected chi connectivity index (χ4v) is 2.78. The molecule has 3 amide bonds. The van der Waals surface area contributed by atoms with Gasteiger partial charge in [-0.15, -0.1) is 0 Å². The van der Waals surface area contributed by atoms with Crippen molar-refractivity contribution in [2.24, 2.45) is 0 Å². The molecule has 0 spiro atoms. The topological polar surface area (TPSA) is 72.9 Å². The highest BCUT2D eigenvalue weighted by Gasteiger charge is 2.29. The van der Waals surface area contributed by atoms with Crippen molar-refractivity contribution in [2.45, 2.75) is 31.7 Å². The number of nitrogens with zero attached hydrogens (tertiary/aromatic N) is 2. The number of hydrogen-bond donors (Lipinski definition) is 2. The summed E-state index contributed by atoms with van der Waals surface area (Å²) in [5, 5.41) is 11.6. The Kier molecular flexibility index (Phi) is 4.54. The van der Waals surface area contributed by atoms with Crippen molar-refractivity contribution in [3.63, 3.8) is 0 Å². The lowest BCUT2D eigenvalue weighted by atomic mass is 10.2. The van der Waals surface area contributed by atoms with Gasteiger partial charge >= 0.3 is 6.03 Å². The van der Waals surface area contributed by atoms with Crippen LogP contribution in [0.1, 0.15) is 25.7 Å². The van der Waals surface area contributed by atoms with Gasteiger partial charge in [0.1, 0.15) is 0 Å². The molecule has 0 unspecified atom stereocenters. The Morgan fingerprint density at radius 2 is 2.00 bits per heavy atom. The lowest BCUT2D eigenvalue weighted by molar-refractivity contribution is -0.125. The number of carbonyl (C=O) groups is 2. The average Bonchev–Trinajstić information content (AvgIpc) is 2.97. The van der Waals surface area contributed by atoms with E-state index in [2.05, 4.69) is 10.2 Å². The van der Waals surface area contributed by atoms with Gasteiger partial charge in [0.15, 0.2) is 0 Å². The van der Waals surface area contributed by atoms with Crippen molar-refractivity contribution in [2.75, 3.05) is 32.8 Å². The van der Waals surface area contributed by atoms with Crippen LogP contribution in [0.5, 0.6) is 0 Å². The zero-order valence-corrected chi connectivity index (χ0v) is 10.6. The molecular weight excluding hydrogens is 234 g/mol. The Labute approximate surface area is 107 Å². The van der Waals surface area contributed by atoms with Crippen molar-refractivity contribution in [3.05, 3.63) is 0 Å². The van der Waals surface area contributed by atoms with Crippen molar-refractivity contribution in [3.8, 4) is 0 Å². The molecule has 0 aromatic carbocycles. The van der Waals surface area contributed by atoms with Crippen molar-refractivity contribution in [1.82, 2.24) is 15.1 Å². The van der Waals surface area contributed by atoms with E-state index in [1.807, 2.05) is 0 Å². The van der Waals surface area contributed by atoms with Crippen molar-refractivity contribution in [1.29, 1.82) is 0 Å². The van der Waals surface area contributed by atoms with Gasteiger partial charge in [0, 0.05) is 25.7 Å². The number of imide groups is 1. The van der Waals surface area contributed by atoms with Gasteiger partial charge in [0.05, 0.1) is 13.2 Å². The van der Waals surface area contributed by atoms with E-state index in [4.69, 9.17) is 5.11 Å². The lowest BCUT2D eigenvalue weighted by Crippen LogP contribution is -2.43. The normalized spacial score (nSPS) is 21.1. The summed E-state index contributed by atoms with van der Waals surface area (Å²) in [5.74, 6) is -0.157. The molecule has 2 N–H and O–H groups in total. The van der Waals surface area contributed by atoms with Gasteiger partial charge in [0.2, 0.25) is 5.91 Å². The maximum absolute atomic E-state index is 11.5. The number of hydrogen-bond acceptors (Lipinski definition) is 4. The predicted octanol–water partition coefficient (Wildman–Crippen LogP) is -0.225. The highest BCUT2D eigenvalue weighted by Crippen LogP contribution is 2.23. The molecule has 0 aromatic rings. The van der Waals surface area contributed by atoms with Gasteiger partial charge in [0.25, 0.3) is 0 Å². The number of amides is 3. The van der Waals surface area contributed by atoms with Crippen LogP contribution in [0.3, 0.4) is 0 Å². The number of aliphatic hydroxyl groups excluding tert-OH is 1. The predicted molar refractivity (Wildman–Crippen MR) is 66.0 cm³/mol. The number of carbonyl (C=O) groups excluding carboxylic acids is 2. The molecule has 1 aliphatic heterocycles. The maximum atomic E-state index is 11.5. The lowest BCUT2D eigenvalue weighted by Gasteiger charge is -2.29. The first kappa shape index (κ1) is 13.3. The third-order valence-corrected chi connectivity index (χ3v) is 3.78. The molecule has 0 bridgehead atoms. The van der Waals surface area contributed by atoms with E-state index in [1.54, 1.807) is 0 Å².